The van der Waals surface area contributed by atoms with E-state index in [9.17, 15) is 0 Å². The van der Waals surface area contributed by atoms with Crippen molar-refractivity contribution in [2.75, 3.05) is 6.54 Å². The lowest BCUT2D eigenvalue weighted by atomic mass is 9.95. The third-order valence-electron chi connectivity index (χ3n) is 4.88. The van der Waals surface area contributed by atoms with E-state index in [-0.39, 0.29) is 12.4 Å². The van der Waals surface area contributed by atoms with Crippen LogP contribution in [-0.2, 0) is 20.0 Å². The maximum Gasteiger partial charge on any atom is 0.258 e. The second kappa shape index (κ2) is 7.69. The van der Waals surface area contributed by atoms with Gasteiger partial charge in [-0.15, -0.1) is 22.6 Å². The number of fused-ring (bicyclic) bond motifs is 1. The van der Waals surface area contributed by atoms with Crippen LogP contribution in [0, 0.1) is 6.92 Å². The molecule has 0 bridgehead atoms. The molecule has 29 heavy (non-hydrogen) atoms. The van der Waals surface area contributed by atoms with E-state index >= 15 is 0 Å². The Labute approximate surface area is 173 Å². The van der Waals surface area contributed by atoms with Gasteiger partial charge >= 0.3 is 0 Å². The molecular weight excluding hydrogens is 392 g/mol. The van der Waals surface area contributed by atoms with Gasteiger partial charge in [-0.2, -0.15) is 9.78 Å². The molecule has 5 rings (SSSR count). The third-order valence-corrected chi connectivity index (χ3v) is 4.88. The SMILES string of the molecule is Cc1ncc2c(c1-c1noc(-c3ccc(-c4nnn(C)n4)cc3)n1)CCNC2.Cl. The molecule has 0 saturated heterocycles. The Bertz CT molecular complexity index is 1150. The summed E-state index contributed by atoms with van der Waals surface area (Å²) in [6, 6.07) is 7.66. The lowest BCUT2D eigenvalue weighted by Gasteiger charge is -2.19. The zero-order valence-corrected chi connectivity index (χ0v) is 16.8. The number of aromatic nitrogens is 7. The average Bonchev–Trinajstić information content (AvgIpc) is 3.37. The summed E-state index contributed by atoms with van der Waals surface area (Å²) in [5, 5.41) is 19.7. The molecule has 148 valence electrons. The first-order valence-corrected chi connectivity index (χ1v) is 9.06. The van der Waals surface area contributed by atoms with E-state index in [1.165, 1.54) is 15.9 Å². The fourth-order valence-electron chi connectivity index (χ4n) is 3.47. The lowest BCUT2D eigenvalue weighted by molar-refractivity contribution is 0.432. The van der Waals surface area contributed by atoms with Crippen molar-refractivity contribution >= 4 is 12.4 Å². The van der Waals surface area contributed by atoms with Gasteiger partial charge in [0.15, 0.2) is 0 Å². The van der Waals surface area contributed by atoms with Crippen molar-refractivity contribution in [3.8, 4) is 34.2 Å². The summed E-state index contributed by atoms with van der Waals surface area (Å²) in [6.07, 6.45) is 2.86. The fraction of sp³-hybridized carbons (Fsp3) is 0.263. The first kappa shape index (κ1) is 19.2. The Morgan fingerprint density at radius 2 is 1.90 bits per heavy atom. The van der Waals surface area contributed by atoms with E-state index in [1.54, 1.807) is 7.05 Å². The molecule has 0 amide bonds. The summed E-state index contributed by atoms with van der Waals surface area (Å²) in [4.78, 5) is 10.6. The second-order valence-corrected chi connectivity index (χ2v) is 6.75. The van der Waals surface area contributed by atoms with Gasteiger partial charge in [0.2, 0.25) is 11.6 Å². The maximum atomic E-state index is 5.55. The number of hydrogen-bond acceptors (Lipinski definition) is 8. The first-order chi connectivity index (χ1) is 13.7. The molecule has 1 N–H and O–H groups in total. The van der Waals surface area contributed by atoms with Gasteiger partial charge in [-0.1, -0.05) is 17.3 Å². The van der Waals surface area contributed by atoms with Crippen LogP contribution in [0.25, 0.3) is 34.2 Å². The largest absolute Gasteiger partial charge is 0.334 e. The van der Waals surface area contributed by atoms with E-state index in [0.717, 1.165) is 41.9 Å². The van der Waals surface area contributed by atoms with Crippen LogP contribution in [0.3, 0.4) is 0 Å². The van der Waals surface area contributed by atoms with Crippen molar-refractivity contribution < 1.29 is 4.52 Å². The number of nitrogens with zero attached hydrogens (tertiary/aromatic N) is 7. The van der Waals surface area contributed by atoms with Crippen molar-refractivity contribution in [1.82, 2.24) is 40.6 Å². The maximum absolute atomic E-state index is 5.55. The van der Waals surface area contributed by atoms with Gasteiger partial charge in [0.1, 0.15) is 0 Å². The zero-order chi connectivity index (χ0) is 19.1. The number of pyridine rings is 1. The highest BCUT2D eigenvalue weighted by Crippen LogP contribution is 2.30. The van der Waals surface area contributed by atoms with Gasteiger partial charge in [-0.05, 0) is 48.4 Å². The molecule has 3 aromatic heterocycles. The topological polar surface area (TPSA) is 107 Å². The highest BCUT2D eigenvalue weighted by Gasteiger charge is 2.21. The molecule has 1 aliphatic heterocycles. The van der Waals surface area contributed by atoms with Gasteiger partial charge < -0.3 is 9.84 Å². The molecular formula is C19H19ClN8O. The van der Waals surface area contributed by atoms with Gasteiger partial charge in [0.25, 0.3) is 5.89 Å². The van der Waals surface area contributed by atoms with Crippen LogP contribution in [0.2, 0.25) is 0 Å². The minimum Gasteiger partial charge on any atom is -0.334 e. The van der Waals surface area contributed by atoms with E-state index in [4.69, 9.17) is 4.52 Å². The van der Waals surface area contributed by atoms with Gasteiger partial charge in [-0.3, -0.25) is 4.98 Å². The van der Waals surface area contributed by atoms with Crippen molar-refractivity contribution in [3.63, 3.8) is 0 Å². The molecule has 4 aromatic rings. The molecule has 10 heteroatoms. The number of rotatable bonds is 3. The van der Waals surface area contributed by atoms with Crippen LogP contribution in [0.5, 0.6) is 0 Å². The van der Waals surface area contributed by atoms with Crippen LogP contribution >= 0.6 is 12.4 Å². The number of nitrogens with one attached hydrogen (secondary N) is 1. The third kappa shape index (κ3) is 3.50. The molecule has 1 aromatic carbocycles. The Hall–Kier alpha value is -3.17. The average molecular weight is 411 g/mol. The Kier molecular flexibility index (Phi) is 5.08. The Morgan fingerprint density at radius 1 is 1.10 bits per heavy atom. The van der Waals surface area contributed by atoms with E-state index in [2.05, 4.69) is 35.9 Å². The van der Waals surface area contributed by atoms with Crippen LogP contribution in [0.1, 0.15) is 16.8 Å². The number of aryl methyl sites for hydroxylation is 2. The summed E-state index contributed by atoms with van der Waals surface area (Å²) in [7, 11) is 1.74. The summed E-state index contributed by atoms with van der Waals surface area (Å²) in [5.74, 6) is 1.63. The minimum absolute atomic E-state index is 0. The summed E-state index contributed by atoms with van der Waals surface area (Å²) < 4.78 is 5.55. The number of halogens is 1. The molecule has 0 spiro atoms. The predicted octanol–water partition coefficient (Wildman–Crippen LogP) is 2.37. The number of hydrogen-bond donors (Lipinski definition) is 1. The Morgan fingerprint density at radius 3 is 2.66 bits per heavy atom. The fourth-order valence-corrected chi connectivity index (χ4v) is 3.47. The van der Waals surface area contributed by atoms with Crippen LogP contribution in [-0.4, -0.2) is 41.9 Å². The van der Waals surface area contributed by atoms with Crippen LogP contribution in [0.15, 0.2) is 35.0 Å². The van der Waals surface area contributed by atoms with Crippen LogP contribution in [0.4, 0.5) is 0 Å². The van der Waals surface area contributed by atoms with Gasteiger partial charge in [0.05, 0.1) is 7.05 Å². The minimum atomic E-state index is 0. The van der Waals surface area contributed by atoms with E-state index in [0.29, 0.717) is 17.5 Å². The molecule has 9 nitrogen and oxygen atoms in total. The highest BCUT2D eigenvalue weighted by atomic mass is 35.5. The van der Waals surface area contributed by atoms with Crippen molar-refractivity contribution in [1.29, 1.82) is 0 Å². The highest BCUT2D eigenvalue weighted by molar-refractivity contribution is 5.85. The summed E-state index contributed by atoms with van der Waals surface area (Å²) >= 11 is 0. The quantitative estimate of drug-likeness (QED) is 0.548. The van der Waals surface area contributed by atoms with Crippen molar-refractivity contribution in [2.45, 2.75) is 19.9 Å². The van der Waals surface area contributed by atoms with E-state index < -0.39 is 0 Å². The monoisotopic (exact) mass is 410 g/mol. The molecule has 0 saturated carbocycles. The van der Waals surface area contributed by atoms with Gasteiger partial charge in [-0.25, -0.2) is 0 Å². The standard InChI is InChI=1S/C19H18N8O.ClH/c1-11-16(15-7-8-20-9-14(15)10-21-11)18-22-19(28-25-18)13-5-3-12(4-6-13)17-23-26-27(2)24-17;/h3-6,10,20H,7-9H2,1-2H3;1H. The van der Waals surface area contributed by atoms with Crippen molar-refractivity contribution in [3.05, 3.63) is 47.3 Å². The Balaban J connectivity index is 0.00000205. The second-order valence-electron chi connectivity index (χ2n) is 6.75. The summed E-state index contributed by atoms with van der Waals surface area (Å²) in [6.45, 7) is 3.74. The smallest absolute Gasteiger partial charge is 0.258 e. The molecule has 0 aliphatic carbocycles. The molecule has 0 unspecified atom stereocenters. The molecule has 1 aliphatic rings. The first-order valence-electron chi connectivity index (χ1n) is 9.06. The molecule has 0 atom stereocenters. The number of tetrazole rings is 1. The normalized spacial score (nSPS) is 13.0. The molecule has 0 radical (unpaired) electrons. The lowest BCUT2D eigenvalue weighted by Crippen LogP contribution is -2.24. The summed E-state index contributed by atoms with van der Waals surface area (Å²) in [5.41, 5.74) is 6.05. The molecule has 0 fully saturated rings. The van der Waals surface area contributed by atoms with Crippen LogP contribution < -0.4 is 5.32 Å². The molecule has 4 heterocycles. The van der Waals surface area contributed by atoms with E-state index in [1.807, 2.05) is 37.4 Å². The van der Waals surface area contributed by atoms with Gasteiger partial charge in [0, 0.05) is 35.1 Å². The zero-order valence-electron chi connectivity index (χ0n) is 16.0. The van der Waals surface area contributed by atoms with Crippen molar-refractivity contribution in [2.24, 2.45) is 7.05 Å². The number of benzene rings is 1. The predicted molar refractivity (Wildman–Crippen MR) is 108 cm³/mol.